The summed E-state index contributed by atoms with van der Waals surface area (Å²) in [5.74, 6) is 0.132. The van der Waals surface area contributed by atoms with Crippen LogP contribution in [0.3, 0.4) is 0 Å². The first kappa shape index (κ1) is 14.8. The van der Waals surface area contributed by atoms with E-state index in [1.54, 1.807) is 18.2 Å². The summed E-state index contributed by atoms with van der Waals surface area (Å²) in [5, 5.41) is 10.4. The Morgan fingerprint density at radius 2 is 2.10 bits per heavy atom. The van der Waals surface area contributed by atoms with Crippen LogP contribution in [0.2, 0.25) is 10.0 Å². The number of aromatic nitrogens is 2. The molecule has 0 atom stereocenters. The quantitative estimate of drug-likeness (QED) is 0.912. The van der Waals surface area contributed by atoms with Crippen molar-refractivity contribution in [2.24, 2.45) is 0 Å². The fourth-order valence-electron chi connectivity index (χ4n) is 1.70. The van der Waals surface area contributed by atoms with Gasteiger partial charge in [0.05, 0.1) is 16.3 Å². The first-order chi connectivity index (χ1) is 9.45. The molecule has 0 aliphatic carbocycles. The summed E-state index contributed by atoms with van der Waals surface area (Å²) in [6.45, 7) is 0.713. The molecule has 106 valence electrons. The normalized spacial score (nSPS) is 10.8. The second-order valence-electron chi connectivity index (χ2n) is 4.59. The zero-order chi connectivity index (χ0) is 14.7. The molecule has 1 aromatic carbocycles. The molecule has 0 bridgehead atoms. The van der Waals surface area contributed by atoms with Gasteiger partial charge in [0.1, 0.15) is 0 Å². The molecule has 2 N–H and O–H groups in total. The van der Waals surface area contributed by atoms with E-state index >= 15 is 0 Å². The lowest BCUT2D eigenvalue weighted by molar-refractivity contribution is 0.102. The summed E-state index contributed by atoms with van der Waals surface area (Å²) in [5.41, 5.74) is 1.26. The number of amides is 1. The van der Waals surface area contributed by atoms with Crippen molar-refractivity contribution in [3.8, 4) is 0 Å². The zero-order valence-electron chi connectivity index (χ0n) is 11.1. The van der Waals surface area contributed by atoms with Gasteiger partial charge in [0, 0.05) is 17.6 Å². The van der Waals surface area contributed by atoms with Crippen molar-refractivity contribution in [3.05, 3.63) is 45.6 Å². The molecular weight excluding hydrogens is 299 g/mol. The van der Waals surface area contributed by atoms with Crippen LogP contribution in [0, 0.1) is 0 Å². The van der Waals surface area contributed by atoms with Gasteiger partial charge in [0.25, 0.3) is 5.91 Å². The third-order valence-electron chi connectivity index (χ3n) is 2.53. The molecule has 5 nitrogen and oxygen atoms in total. The monoisotopic (exact) mass is 312 g/mol. The average molecular weight is 313 g/mol. The average Bonchev–Trinajstić information content (AvgIpc) is 2.75. The second-order valence-corrected chi connectivity index (χ2v) is 5.44. The summed E-state index contributed by atoms with van der Waals surface area (Å²) >= 11 is 11.8. The first-order valence-corrected chi connectivity index (χ1v) is 6.66. The zero-order valence-corrected chi connectivity index (χ0v) is 12.6. The predicted octanol–water partition coefficient (Wildman–Crippen LogP) is 3.03. The van der Waals surface area contributed by atoms with Crippen LogP contribution in [-0.4, -0.2) is 35.1 Å². The molecule has 2 rings (SSSR count). The smallest absolute Gasteiger partial charge is 0.258 e. The van der Waals surface area contributed by atoms with Crippen LogP contribution < -0.4 is 5.32 Å². The van der Waals surface area contributed by atoms with E-state index in [1.165, 1.54) is 6.07 Å². The molecule has 2 aromatic rings. The first-order valence-electron chi connectivity index (χ1n) is 5.91. The molecule has 0 aliphatic heterocycles. The maximum Gasteiger partial charge on any atom is 0.258 e. The Kier molecular flexibility index (Phi) is 4.65. The number of carbonyl (C=O) groups is 1. The molecule has 0 saturated carbocycles. The van der Waals surface area contributed by atoms with Crippen LogP contribution >= 0.6 is 23.2 Å². The van der Waals surface area contributed by atoms with Gasteiger partial charge in [-0.25, -0.2) is 0 Å². The molecule has 0 unspecified atom stereocenters. The maximum atomic E-state index is 12.1. The van der Waals surface area contributed by atoms with Gasteiger partial charge in [-0.1, -0.05) is 23.2 Å². The number of rotatable bonds is 4. The molecule has 0 radical (unpaired) electrons. The summed E-state index contributed by atoms with van der Waals surface area (Å²) in [6.07, 6.45) is 0. The number of benzene rings is 1. The van der Waals surface area contributed by atoms with Crippen molar-refractivity contribution in [2.75, 3.05) is 19.4 Å². The minimum Gasteiger partial charge on any atom is -0.305 e. The van der Waals surface area contributed by atoms with Crippen LogP contribution in [0.4, 0.5) is 5.82 Å². The van der Waals surface area contributed by atoms with Crippen LogP contribution in [-0.2, 0) is 6.54 Å². The minimum atomic E-state index is -0.324. The van der Waals surface area contributed by atoms with Gasteiger partial charge in [-0.3, -0.25) is 9.89 Å². The van der Waals surface area contributed by atoms with E-state index < -0.39 is 0 Å². The van der Waals surface area contributed by atoms with Crippen molar-refractivity contribution in [2.45, 2.75) is 6.54 Å². The molecule has 1 amide bonds. The number of nitrogens with one attached hydrogen (secondary N) is 2. The number of hydrogen-bond donors (Lipinski definition) is 2. The van der Waals surface area contributed by atoms with Gasteiger partial charge < -0.3 is 10.2 Å². The Morgan fingerprint density at radius 3 is 2.75 bits per heavy atom. The highest BCUT2D eigenvalue weighted by Crippen LogP contribution is 2.21. The lowest BCUT2D eigenvalue weighted by Gasteiger charge is -2.06. The van der Waals surface area contributed by atoms with Crippen LogP contribution in [0.5, 0.6) is 0 Å². The Hall–Kier alpha value is -1.56. The number of hydrogen-bond acceptors (Lipinski definition) is 3. The SMILES string of the molecule is CN(C)Cc1cc(NC(=O)c2ccc(Cl)cc2Cl)n[nH]1. The van der Waals surface area contributed by atoms with Crippen molar-refractivity contribution >= 4 is 34.9 Å². The topological polar surface area (TPSA) is 61.0 Å². The molecule has 1 heterocycles. The molecule has 7 heteroatoms. The van der Waals surface area contributed by atoms with Gasteiger partial charge in [-0.2, -0.15) is 5.10 Å². The Balaban J connectivity index is 2.09. The Morgan fingerprint density at radius 1 is 1.35 bits per heavy atom. The van der Waals surface area contributed by atoms with Crippen molar-refractivity contribution < 1.29 is 4.79 Å². The summed E-state index contributed by atoms with van der Waals surface area (Å²) < 4.78 is 0. The predicted molar refractivity (Wildman–Crippen MR) is 80.4 cm³/mol. The molecule has 20 heavy (non-hydrogen) atoms. The van der Waals surface area contributed by atoms with Crippen LogP contribution in [0.1, 0.15) is 16.1 Å². The number of halogens is 2. The van der Waals surface area contributed by atoms with E-state index in [9.17, 15) is 4.79 Å². The third kappa shape index (κ3) is 3.72. The van der Waals surface area contributed by atoms with Gasteiger partial charge in [-0.05, 0) is 32.3 Å². The standard InChI is InChI=1S/C13H14Cl2N4O/c1-19(2)7-9-6-12(18-17-9)16-13(20)10-4-3-8(14)5-11(10)15/h3-6H,7H2,1-2H3,(H2,16,17,18,20). The molecule has 0 aliphatic rings. The number of anilines is 1. The maximum absolute atomic E-state index is 12.1. The number of aromatic amines is 1. The molecule has 0 fully saturated rings. The van der Waals surface area contributed by atoms with E-state index in [0.717, 1.165) is 5.69 Å². The highest BCUT2D eigenvalue weighted by Gasteiger charge is 2.12. The van der Waals surface area contributed by atoms with Gasteiger partial charge in [0.2, 0.25) is 0 Å². The summed E-state index contributed by atoms with van der Waals surface area (Å²) in [7, 11) is 3.90. The number of nitrogens with zero attached hydrogens (tertiary/aromatic N) is 2. The lowest BCUT2D eigenvalue weighted by Crippen LogP contribution is -2.12. The summed E-state index contributed by atoms with van der Waals surface area (Å²) in [4.78, 5) is 14.1. The second kappa shape index (κ2) is 6.26. The molecule has 1 aromatic heterocycles. The highest BCUT2D eigenvalue weighted by atomic mass is 35.5. The van der Waals surface area contributed by atoms with Crippen molar-refractivity contribution in [1.29, 1.82) is 0 Å². The van der Waals surface area contributed by atoms with Crippen molar-refractivity contribution in [1.82, 2.24) is 15.1 Å². The van der Waals surface area contributed by atoms with Gasteiger partial charge in [-0.15, -0.1) is 0 Å². The Bertz CT molecular complexity index is 625. The fourth-order valence-corrected chi connectivity index (χ4v) is 2.20. The van der Waals surface area contributed by atoms with E-state index in [0.29, 0.717) is 28.0 Å². The minimum absolute atomic E-state index is 0.305. The van der Waals surface area contributed by atoms with E-state index in [4.69, 9.17) is 23.2 Å². The van der Waals surface area contributed by atoms with Crippen LogP contribution in [0.15, 0.2) is 24.3 Å². The number of H-pyrrole nitrogens is 1. The van der Waals surface area contributed by atoms with Gasteiger partial charge in [0.15, 0.2) is 5.82 Å². The van der Waals surface area contributed by atoms with Gasteiger partial charge >= 0.3 is 0 Å². The number of carbonyl (C=O) groups excluding carboxylic acids is 1. The van der Waals surface area contributed by atoms with E-state index in [-0.39, 0.29) is 5.91 Å². The van der Waals surface area contributed by atoms with Crippen LogP contribution in [0.25, 0.3) is 0 Å². The fraction of sp³-hybridized carbons (Fsp3) is 0.231. The molecular formula is C13H14Cl2N4O. The van der Waals surface area contributed by atoms with E-state index in [2.05, 4.69) is 15.5 Å². The third-order valence-corrected chi connectivity index (χ3v) is 3.08. The lowest BCUT2D eigenvalue weighted by atomic mass is 10.2. The molecule has 0 spiro atoms. The largest absolute Gasteiger partial charge is 0.305 e. The summed E-state index contributed by atoms with van der Waals surface area (Å²) in [6, 6.07) is 6.50. The molecule has 0 saturated heterocycles. The van der Waals surface area contributed by atoms with Crippen molar-refractivity contribution in [3.63, 3.8) is 0 Å². The van der Waals surface area contributed by atoms with E-state index in [1.807, 2.05) is 19.0 Å². The highest BCUT2D eigenvalue weighted by molar-refractivity contribution is 6.37. The Labute approximate surface area is 126 Å².